The summed E-state index contributed by atoms with van der Waals surface area (Å²) < 4.78 is 5.84. The molecule has 2 N–H and O–H groups in total. The van der Waals surface area contributed by atoms with Crippen LogP contribution in [0.15, 0.2) is 0 Å². The van der Waals surface area contributed by atoms with Gasteiger partial charge in [0.15, 0.2) is 0 Å². The Kier molecular flexibility index (Phi) is 4.08. The van der Waals surface area contributed by atoms with Crippen LogP contribution in [0.3, 0.4) is 0 Å². The summed E-state index contributed by atoms with van der Waals surface area (Å²) in [5.74, 6) is 0. The lowest BCUT2D eigenvalue weighted by Crippen LogP contribution is -2.68. The van der Waals surface area contributed by atoms with Gasteiger partial charge >= 0.3 is 0 Å². The van der Waals surface area contributed by atoms with Crippen molar-refractivity contribution < 1.29 is 4.74 Å². The van der Waals surface area contributed by atoms with Crippen LogP contribution in [0.1, 0.15) is 27.2 Å². The summed E-state index contributed by atoms with van der Waals surface area (Å²) in [5, 5.41) is 0. The fraction of sp³-hybridized carbons (Fsp3) is 1.00. The summed E-state index contributed by atoms with van der Waals surface area (Å²) in [7, 11) is 0. The fourth-order valence-electron chi connectivity index (χ4n) is 2.81. The van der Waals surface area contributed by atoms with E-state index in [2.05, 4.69) is 30.6 Å². The highest BCUT2D eigenvalue weighted by molar-refractivity contribution is 4.99. The van der Waals surface area contributed by atoms with E-state index in [0.717, 1.165) is 45.8 Å². The summed E-state index contributed by atoms with van der Waals surface area (Å²) in [4.78, 5) is 4.93. The van der Waals surface area contributed by atoms with Gasteiger partial charge in [0.25, 0.3) is 0 Å². The van der Waals surface area contributed by atoms with Gasteiger partial charge in [-0.1, -0.05) is 6.92 Å². The zero-order chi connectivity index (χ0) is 12.5. The Morgan fingerprint density at radius 3 is 2.71 bits per heavy atom. The van der Waals surface area contributed by atoms with Crippen LogP contribution in [0.5, 0.6) is 0 Å². The minimum atomic E-state index is 0.0758. The maximum absolute atomic E-state index is 6.18. The van der Waals surface area contributed by atoms with Gasteiger partial charge in [-0.25, -0.2) is 0 Å². The Hall–Kier alpha value is -0.160. The number of ether oxygens (including phenoxy) is 1. The summed E-state index contributed by atoms with van der Waals surface area (Å²) in [6.45, 7) is 12.8. The number of morpholine rings is 1. The first-order valence-electron chi connectivity index (χ1n) is 6.89. The molecule has 2 aliphatic heterocycles. The first-order chi connectivity index (χ1) is 8.02. The molecule has 0 spiro atoms. The normalized spacial score (nSPS) is 30.5. The molecule has 0 radical (unpaired) electrons. The predicted octanol–water partition coefficient (Wildman–Crippen LogP) is 0.519. The van der Waals surface area contributed by atoms with E-state index in [1.807, 2.05) is 0 Å². The molecular weight excluding hydrogens is 214 g/mol. The highest BCUT2D eigenvalue weighted by Crippen LogP contribution is 2.22. The SMILES string of the molecule is CCC1(N)CN(CC2CN(C(C)C)CCO2)C1. The monoisotopic (exact) mass is 241 g/mol. The molecule has 100 valence electrons. The lowest BCUT2D eigenvalue weighted by Gasteiger charge is -2.49. The van der Waals surface area contributed by atoms with Crippen LogP contribution in [-0.4, -0.2) is 66.8 Å². The minimum absolute atomic E-state index is 0.0758. The molecule has 0 aromatic heterocycles. The van der Waals surface area contributed by atoms with Crippen LogP contribution < -0.4 is 5.73 Å². The molecule has 0 bridgehead atoms. The van der Waals surface area contributed by atoms with E-state index < -0.39 is 0 Å². The van der Waals surface area contributed by atoms with E-state index in [9.17, 15) is 0 Å². The molecule has 4 nitrogen and oxygen atoms in total. The molecule has 0 amide bonds. The van der Waals surface area contributed by atoms with Crippen molar-refractivity contribution in [2.45, 2.75) is 44.9 Å². The summed E-state index contributed by atoms with van der Waals surface area (Å²) >= 11 is 0. The largest absolute Gasteiger partial charge is 0.374 e. The zero-order valence-corrected chi connectivity index (χ0v) is 11.5. The van der Waals surface area contributed by atoms with Crippen molar-refractivity contribution in [3.8, 4) is 0 Å². The van der Waals surface area contributed by atoms with Crippen LogP contribution in [0.4, 0.5) is 0 Å². The Morgan fingerprint density at radius 1 is 1.41 bits per heavy atom. The van der Waals surface area contributed by atoms with E-state index in [-0.39, 0.29) is 5.54 Å². The van der Waals surface area contributed by atoms with Crippen molar-refractivity contribution in [3.63, 3.8) is 0 Å². The van der Waals surface area contributed by atoms with Crippen LogP contribution >= 0.6 is 0 Å². The van der Waals surface area contributed by atoms with Gasteiger partial charge in [-0.3, -0.25) is 9.80 Å². The maximum atomic E-state index is 6.18. The van der Waals surface area contributed by atoms with Crippen molar-refractivity contribution in [2.75, 3.05) is 39.3 Å². The topological polar surface area (TPSA) is 41.7 Å². The highest BCUT2D eigenvalue weighted by atomic mass is 16.5. The average Bonchev–Trinajstić information content (AvgIpc) is 2.27. The van der Waals surface area contributed by atoms with E-state index in [0.29, 0.717) is 12.1 Å². The molecule has 17 heavy (non-hydrogen) atoms. The van der Waals surface area contributed by atoms with Crippen molar-refractivity contribution in [1.82, 2.24) is 9.80 Å². The number of nitrogens with zero attached hydrogens (tertiary/aromatic N) is 2. The van der Waals surface area contributed by atoms with Crippen molar-refractivity contribution in [1.29, 1.82) is 0 Å². The van der Waals surface area contributed by atoms with Crippen LogP contribution in [-0.2, 0) is 4.74 Å². The lowest BCUT2D eigenvalue weighted by atomic mass is 9.88. The molecule has 2 rings (SSSR count). The number of hydrogen-bond donors (Lipinski definition) is 1. The second-order valence-electron chi connectivity index (χ2n) is 5.97. The zero-order valence-electron chi connectivity index (χ0n) is 11.5. The Bertz CT molecular complexity index is 251. The average molecular weight is 241 g/mol. The van der Waals surface area contributed by atoms with Gasteiger partial charge in [0, 0.05) is 44.3 Å². The molecule has 2 aliphatic rings. The van der Waals surface area contributed by atoms with Crippen LogP contribution in [0, 0.1) is 0 Å². The van der Waals surface area contributed by atoms with Gasteiger partial charge in [-0.2, -0.15) is 0 Å². The molecule has 0 aliphatic carbocycles. The number of likely N-dealkylation sites (tertiary alicyclic amines) is 1. The number of nitrogens with two attached hydrogens (primary N) is 1. The van der Waals surface area contributed by atoms with Crippen LogP contribution in [0.2, 0.25) is 0 Å². The molecule has 2 heterocycles. The third kappa shape index (κ3) is 3.19. The standard InChI is InChI=1S/C13H27N3O/c1-4-13(14)9-15(10-13)7-12-8-16(11(2)3)5-6-17-12/h11-12H,4-10,14H2,1-3H3. The van der Waals surface area contributed by atoms with E-state index in [1.54, 1.807) is 0 Å². The predicted molar refractivity (Wildman–Crippen MR) is 70.1 cm³/mol. The number of rotatable bonds is 4. The van der Waals surface area contributed by atoms with Crippen molar-refractivity contribution in [3.05, 3.63) is 0 Å². The second kappa shape index (κ2) is 5.22. The van der Waals surface area contributed by atoms with Gasteiger partial charge in [0.05, 0.1) is 12.7 Å². The molecular formula is C13H27N3O. The van der Waals surface area contributed by atoms with E-state index >= 15 is 0 Å². The van der Waals surface area contributed by atoms with Crippen LogP contribution in [0.25, 0.3) is 0 Å². The molecule has 0 aromatic rings. The Morgan fingerprint density at radius 2 is 2.12 bits per heavy atom. The van der Waals surface area contributed by atoms with E-state index in [1.165, 1.54) is 0 Å². The van der Waals surface area contributed by atoms with Gasteiger partial charge in [-0.15, -0.1) is 0 Å². The molecule has 2 fully saturated rings. The van der Waals surface area contributed by atoms with Gasteiger partial charge in [0.2, 0.25) is 0 Å². The second-order valence-corrected chi connectivity index (χ2v) is 5.97. The summed E-state index contributed by atoms with van der Waals surface area (Å²) in [6.07, 6.45) is 1.44. The quantitative estimate of drug-likeness (QED) is 0.779. The highest BCUT2D eigenvalue weighted by Gasteiger charge is 2.39. The van der Waals surface area contributed by atoms with Crippen molar-refractivity contribution in [2.24, 2.45) is 5.73 Å². The third-order valence-corrected chi connectivity index (χ3v) is 4.14. The Balaban J connectivity index is 1.73. The first kappa shape index (κ1) is 13.3. The first-order valence-corrected chi connectivity index (χ1v) is 6.89. The van der Waals surface area contributed by atoms with Gasteiger partial charge in [-0.05, 0) is 20.3 Å². The smallest absolute Gasteiger partial charge is 0.0829 e. The van der Waals surface area contributed by atoms with Crippen molar-refractivity contribution >= 4 is 0 Å². The molecule has 4 heteroatoms. The summed E-state index contributed by atoms with van der Waals surface area (Å²) in [6, 6.07) is 0.627. The molecule has 0 saturated carbocycles. The summed E-state index contributed by atoms with van der Waals surface area (Å²) in [5.41, 5.74) is 6.26. The maximum Gasteiger partial charge on any atom is 0.0829 e. The third-order valence-electron chi connectivity index (χ3n) is 4.14. The van der Waals surface area contributed by atoms with E-state index in [4.69, 9.17) is 10.5 Å². The van der Waals surface area contributed by atoms with Gasteiger partial charge < -0.3 is 10.5 Å². The van der Waals surface area contributed by atoms with Gasteiger partial charge in [0.1, 0.15) is 0 Å². The minimum Gasteiger partial charge on any atom is -0.374 e. The number of hydrogen-bond acceptors (Lipinski definition) is 4. The molecule has 0 aromatic carbocycles. The lowest BCUT2D eigenvalue weighted by molar-refractivity contribution is -0.0697. The fourth-order valence-corrected chi connectivity index (χ4v) is 2.81. The molecule has 1 atom stereocenters. The molecule has 2 saturated heterocycles. The molecule has 1 unspecified atom stereocenters. The Labute approximate surface area is 105 Å².